The number of rotatable bonds is 5. The van der Waals surface area contributed by atoms with Crippen LogP contribution in [-0.4, -0.2) is 43.3 Å². The molecule has 1 amide bonds. The number of sulfonamides is 1. The van der Waals surface area contributed by atoms with Crippen LogP contribution in [0.1, 0.15) is 19.8 Å². The summed E-state index contributed by atoms with van der Waals surface area (Å²) in [7, 11) is -3.96. The number of carbonyl (C=O) groups excluding carboxylic acids is 2. The molecule has 126 valence electrons. The van der Waals surface area contributed by atoms with Gasteiger partial charge in [0, 0.05) is 6.54 Å². The molecule has 1 saturated heterocycles. The summed E-state index contributed by atoms with van der Waals surface area (Å²) in [6, 6.07) is 3.32. The van der Waals surface area contributed by atoms with Crippen molar-refractivity contribution in [3.8, 4) is 0 Å². The van der Waals surface area contributed by atoms with Crippen molar-refractivity contribution in [1.29, 1.82) is 0 Å². The van der Waals surface area contributed by atoms with Crippen molar-refractivity contribution in [2.45, 2.75) is 36.8 Å². The van der Waals surface area contributed by atoms with Crippen molar-refractivity contribution in [3.63, 3.8) is 0 Å². The quantitative estimate of drug-likeness (QED) is 0.778. The molecular formula is C14H17FN2O5S. The Hall–Kier alpha value is -2.00. The molecule has 23 heavy (non-hydrogen) atoms. The zero-order valence-electron chi connectivity index (χ0n) is 12.4. The van der Waals surface area contributed by atoms with E-state index in [1.54, 1.807) is 0 Å². The standard InChI is InChI=1S/C14H17FN2O5S/c1-9(13(16)18)22-14(19)12-3-2-8-17(12)23(20,21)11-6-4-10(15)5-7-11/h4-7,9,12H,2-3,8H2,1H3,(H2,16,18)/t9-,12-/m0/s1. The zero-order valence-corrected chi connectivity index (χ0v) is 13.3. The summed E-state index contributed by atoms with van der Waals surface area (Å²) >= 11 is 0. The zero-order chi connectivity index (χ0) is 17.2. The van der Waals surface area contributed by atoms with Gasteiger partial charge in [0.05, 0.1) is 4.90 Å². The highest BCUT2D eigenvalue weighted by Crippen LogP contribution is 2.27. The molecule has 2 atom stereocenters. The molecule has 0 bridgehead atoms. The SMILES string of the molecule is C[C@H](OC(=O)[C@@H]1CCCN1S(=O)(=O)c1ccc(F)cc1)C(N)=O. The molecule has 1 heterocycles. The first kappa shape index (κ1) is 17.4. The summed E-state index contributed by atoms with van der Waals surface area (Å²) in [6.07, 6.45) is -0.380. The van der Waals surface area contributed by atoms with Gasteiger partial charge in [-0.3, -0.25) is 9.59 Å². The largest absolute Gasteiger partial charge is 0.451 e. The summed E-state index contributed by atoms with van der Waals surface area (Å²) < 4.78 is 44.0. The van der Waals surface area contributed by atoms with E-state index in [1.807, 2.05) is 0 Å². The Bertz CT molecular complexity index is 704. The van der Waals surface area contributed by atoms with E-state index in [9.17, 15) is 22.4 Å². The Kier molecular flexibility index (Phi) is 5.00. The van der Waals surface area contributed by atoms with Crippen molar-refractivity contribution in [2.75, 3.05) is 6.54 Å². The van der Waals surface area contributed by atoms with E-state index in [0.717, 1.165) is 28.6 Å². The normalized spacial score (nSPS) is 20.2. The maximum Gasteiger partial charge on any atom is 0.325 e. The van der Waals surface area contributed by atoms with Gasteiger partial charge in [0.15, 0.2) is 6.10 Å². The molecule has 0 saturated carbocycles. The fourth-order valence-corrected chi connectivity index (χ4v) is 3.96. The van der Waals surface area contributed by atoms with Crippen LogP contribution in [0.25, 0.3) is 0 Å². The smallest absolute Gasteiger partial charge is 0.325 e. The van der Waals surface area contributed by atoms with E-state index in [4.69, 9.17) is 10.5 Å². The van der Waals surface area contributed by atoms with Crippen molar-refractivity contribution in [2.24, 2.45) is 5.73 Å². The summed E-state index contributed by atoms with van der Waals surface area (Å²) in [5.74, 6) is -2.19. The third-order valence-corrected chi connectivity index (χ3v) is 5.51. The van der Waals surface area contributed by atoms with Crippen LogP contribution in [0, 0.1) is 5.82 Å². The Balaban J connectivity index is 2.22. The van der Waals surface area contributed by atoms with E-state index in [0.29, 0.717) is 6.42 Å². The predicted molar refractivity (Wildman–Crippen MR) is 78.1 cm³/mol. The van der Waals surface area contributed by atoms with Crippen LogP contribution in [0.5, 0.6) is 0 Å². The molecule has 0 spiro atoms. The molecular weight excluding hydrogens is 327 g/mol. The molecule has 2 rings (SSSR count). The number of nitrogens with two attached hydrogens (primary N) is 1. The highest BCUT2D eigenvalue weighted by atomic mass is 32.2. The Labute approximate surface area is 133 Å². The molecule has 1 aliphatic heterocycles. The number of benzene rings is 1. The first-order valence-electron chi connectivity index (χ1n) is 7.00. The van der Waals surface area contributed by atoms with Gasteiger partial charge in [-0.05, 0) is 44.0 Å². The monoisotopic (exact) mass is 344 g/mol. The van der Waals surface area contributed by atoms with Gasteiger partial charge in [-0.15, -0.1) is 0 Å². The van der Waals surface area contributed by atoms with Crippen molar-refractivity contribution in [1.82, 2.24) is 4.31 Å². The number of nitrogens with zero attached hydrogens (tertiary/aromatic N) is 1. The van der Waals surface area contributed by atoms with Gasteiger partial charge in [-0.2, -0.15) is 4.31 Å². The molecule has 1 aromatic carbocycles. The number of amides is 1. The fraction of sp³-hybridized carbons (Fsp3) is 0.429. The molecule has 0 aromatic heterocycles. The average Bonchev–Trinajstić information content (AvgIpc) is 2.97. The van der Waals surface area contributed by atoms with Gasteiger partial charge < -0.3 is 10.5 Å². The lowest BCUT2D eigenvalue weighted by atomic mass is 10.2. The van der Waals surface area contributed by atoms with E-state index in [2.05, 4.69) is 0 Å². The molecule has 1 aromatic rings. The van der Waals surface area contributed by atoms with Crippen LogP contribution in [0.15, 0.2) is 29.2 Å². The van der Waals surface area contributed by atoms with E-state index >= 15 is 0 Å². The fourth-order valence-electron chi connectivity index (χ4n) is 2.32. The number of ether oxygens (including phenoxy) is 1. The topological polar surface area (TPSA) is 107 Å². The van der Waals surface area contributed by atoms with Crippen LogP contribution >= 0.6 is 0 Å². The van der Waals surface area contributed by atoms with Crippen molar-refractivity contribution >= 4 is 21.9 Å². The minimum atomic E-state index is -3.96. The molecule has 0 radical (unpaired) electrons. The molecule has 0 unspecified atom stereocenters. The highest BCUT2D eigenvalue weighted by Gasteiger charge is 2.41. The Morgan fingerprint density at radius 3 is 2.52 bits per heavy atom. The molecule has 9 heteroatoms. The summed E-state index contributed by atoms with van der Waals surface area (Å²) in [6.45, 7) is 1.46. The maximum atomic E-state index is 12.9. The lowest BCUT2D eigenvalue weighted by Crippen LogP contribution is -2.43. The molecule has 0 aliphatic carbocycles. The number of esters is 1. The number of primary amides is 1. The van der Waals surface area contributed by atoms with Gasteiger partial charge in [-0.25, -0.2) is 12.8 Å². The van der Waals surface area contributed by atoms with Crippen molar-refractivity contribution < 1.29 is 27.1 Å². The Morgan fingerprint density at radius 1 is 1.35 bits per heavy atom. The predicted octanol–water partition coefficient (Wildman–Crippen LogP) is 0.396. The van der Waals surface area contributed by atoms with Crippen LogP contribution in [0.4, 0.5) is 4.39 Å². The minimum absolute atomic E-state index is 0.110. The lowest BCUT2D eigenvalue weighted by Gasteiger charge is -2.23. The maximum absolute atomic E-state index is 12.9. The number of carbonyl (C=O) groups is 2. The summed E-state index contributed by atoms with van der Waals surface area (Å²) in [5, 5.41) is 0. The number of hydrogen-bond acceptors (Lipinski definition) is 5. The van der Waals surface area contributed by atoms with Gasteiger partial charge in [0.1, 0.15) is 11.9 Å². The average molecular weight is 344 g/mol. The summed E-state index contributed by atoms with van der Waals surface area (Å²) in [5.41, 5.74) is 5.03. The molecule has 1 aliphatic rings. The van der Waals surface area contributed by atoms with Crippen LogP contribution < -0.4 is 5.73 Å². The first-order valence-corrected chi connectivity index (χ1v) is 8.44. The van der Waals surface area contributed by atoms with Crippen molar-refractivity contribution in [3.05, 3.63) is 30.1 Å². The van der Waals surface area contributed by atoms with Crippen LogP contribution in [-0.2, 0) is 24.3 Å². The van der Waals surface area contributed by atoms with Gasteiger partial charge in [0.25, 0.3) is 5.91 Å². The lowest BCUT2D eigenvalue weighted by molar-refractivity contribution is -0.156. The second-order valence-electron chi connectivity index (χ2n) is 5.21. The van der Waals surface area contributed by atoms with Gasteiger partial charge in [0.2, 0.25) is 10.0 Å². The second-order valence-corrected chi connectivity index (χ2v) is 7.10. The third kappa shape index (κ3) is 3.67. The third-order valence-electron chi connectivity index (χ3n) is 3.59. The number of halogens is 1. The van der Waals surface area contributed by atoms with Gasteiger partial charge >= 0.3 is 5.97 Å². The van der Waals surface area contributed by atoms with Crippen LogP contribution in [0.2, 0.25) is 0 Å². The molecule has 7 nitrogen and oxygen atoms in total. The van der Waals surface area contributed by atoms with E-state index in [-0.39, 0.29) is 17.9 Å². The van der Waals surface area contributed by atoms with Crippen LogP contribution in [0.3, 0.4) is 0 Å². The summed E-state index contributed by atoms with van der Waals surface area (Å²) in [4.78, 5) is 23.0. The minimum Gasteiger partial charge on any atom is -0.451 e. The van der Waals surface area contributed by atoms with E-state index in [1.165, 1.54) is 6.92 Å². The second kappa shape index (κ2) is 6.63. The molecule has 2 N–H and O–H groups in total. The first-order chi connectivity index (χ1) is 10.7. The highest BCUT2D eigenvalue weighted by molar-refractivity contribution is 7.89. The number of hydrogen-bond donors (Lipinski definition) is 1. The molecule has 1 fully saturated rings. The van der Waals surface area contributed by atoms with Gasteiger partial charge in [-0.1, -0.05) is 0 Å². The Morgan fingerprint density at radius 2 is 1.96 bits per heavy atom. The van der Waals surface area contributed by atoms with E-state index < -0.39 is 39.9 Å².